The first-order valence-electron chi connectivity index (χ1n) is 7.41. The molecule has 7 heteroatoms. The van der Waals surface area contributed by atoms with Crippen LogP contribution in [0.1, 0.15) is 25.7 Å². The molecule has 3 rings (SSSR count). The maximum Gasteiger partial charge on any atom is 0.328 e. The Labute approximate surface area is 135 Å². The van der Waals surface area contributed by atoms with Crippen molar-refractivity contribution in [3.05, 3.63) is 23.4 Å². The summed E-state index contributed by atoms with van der Waals surface area (Å²) in [6.07, 6.45) is 6.22. The fraction of sp³-hybridized carbons (Fsp3) is 0.533. The number of imide groups is 1. The molecule has 3 aliphatic rings. The van der Waals surface area contributed by atoms with E-state index in [4.69, 9.17) is 0 Å². The van der Waals surface area contributed by atoms with Crippen LogP contribution in [0.3, 0.4) is 0 Å². The first-order chi connectivity index (χ1) is 10.1. The van der Waals surface area contributed by atoms with Crippen LogP contribution in [0.4, 0.5) is 4.79 Å². The highest BCUT2D eigenvalue weighted by atomic mass is 35.5. The molecule has 2 aliphatic heterocycles. The molecule has 3 amide bonds. The molecule has 0 spiro atoms. The molecule has 2 heterocycles. The van der Waals surface area contributed by atoms with Crippen LogP contribution in [0.2, 0.25) is 0 Å². The van der Waals surface area contributed by atoms with Crippen molar-refractivity contribution in [1.29, 1.82) is 0 Å². The van der Waals surface area contributed by atoms with Gasteiger partial charge in [-0.05, 0) is 43.5 Å². The molecule has 0 aromatic rings. The fourth-order valence-electron chi connectivity index (χ4n) is 3.12. The van der Waals surface area contributed by atoms with Crippen molar-refractivity contribution in [2.75, 3.05) is 19.6 Å². The number of amides is 3. The predicted octanol–water partition coefficient (Wildman–Crippen LogP) is 1.13. The van der Waals surface area contributed by atoms with E-state index >= 15 is 0 Å². The lowest BCUT2D eigenvalue weighted by atomic mass is 9.84. The minimum absolute atomic E-state index is 0. The molecule has 0 bridgehead atoms. The Hall–Kier alpha value is -1.66. The third-order valence-electron chi connectivity index (χ3n) is 4.30. The summed E-state index contributed by atoms with van der Waals surface area (Å²) in [7, 11) is 0. The van der Waals surface area contributed by atoms with Gasteiger partial charge in [-0.15, -0.1) is 12.4 Å². The van der Waals surface area contributed by atoms with Crippen LogP contribution in [-0.2, 0) is 9.59 Å². The monoisotopic (exact) mass is 325 g/mol. The second-order valence-corrected chi connectivity index (χ2v) is 5.66. The van der Waals surface area contributed by atoms with Crippen molar-refractivity contribution in [1.82, 2.24) is 15.5 Å². The Morgan fingerprint density at radius 3 is 2.45 bits per heavy atom. The molecule has 0 atom stereocenters. The molecule has 2 saturated heterocycles. The highest BCUT2D eigenvalue weighted by Crippen LogP contribution is 2.29. The minimum Gasteiger partial charge on any atom is -0.317 e. The first kappa shape index (κ1) is 16.7. The van der Waals surface area contributed by atoms with Gasteiger partial charge in [-0.3, -0.25) is 19.8 Å². The van der Waals surface area contributed by atoms with E-state index < -0.39 is 6.03 Å². The van der Waals surface area contributed by atoms with Crippen LogP contribution in [0.25, 0.3) is 0 Å². The molecule has 2 N–H and O–H groups in total. The van der Waals surface area contributed by atoms with Crippen LogP contribution in [0.15, 0.2) is 23.4 Å². The maximum absolute atomic E-state index is 12.4. The smallest absolute Gasteiger partial charge is 0.317 e. The summed E-state index contributed by atoms with van der Waals surface area (Å²) >= 11 is 0. The van der Waals surface area contributed by atoms with E-state index in [0.29, 0.717) is 18.2 Å². The molecule has 0 aromatic heterocycles. The van der Waals surface area contributed by atoms with E-state index in [1.54, 1.807) is 0 Å². The molecule has 2 fully saturated rings. The molecule has 0 radical (unpaired) electrons. The third-order valence-corrected chi connectivity index (χ3v) is 4.30. The normalized spacial score (nSPS) is 23.5. The van der Waals surface area contributed by atoms with Gasteiger partial charge in [0.25, 0.3) is 0 Å². The van der Waals surface area contributed by atoms with E-state index in [1.807, 2.05) is 12.2 Å². The summed E-state index contributed by atoms with van der Waals surface area (Å²) in [5.74, 6) is 0.169. The minimum atomic E-state index is -0.427. The molecule has 0 unspecified atom stereocenters. The highest BCUT2D eigenvalue weighted by Gasteiger charge is 2.30. The molecule has 22 heavy (non-hydrogen) atoms. The Morgan fingerprint density at radius 2 is 1.82 bits per heavy atom. The van der Waals surface area contributed by atoms with Gasteiger partial charge in [0.05, 0.1) is 6.42 Å². The van der Waals surface area contributed by atoms with Gasteiger partial charge >= 0.3 is 6.03 Å². The highest BCUT2D eigenvalue weighted by molar-refractivity contribution is 6.01. The van der Waals surface area contributed by atoms with E-state index in [1.165, 1.54) is 4.90 Å². The zero-order valence-electron chi connectivity index (χ0n) is 12.3. The summed E-state index contributed by atoms with van der Waals surface area (Å²) in [6.45, 7) is 2.24. The Balaban J connectivity index is 0.00000176. The first-order valence-corrected chi connectivity index (χ1v) is 7.41. The van der Waals surface area contributed by atoms with Gasteiger partial charge in [0.15, 0.2) is 5.78 Å². The van der Waals surface area contributed by atoms with Crippen molar-refractivity contribution in [2.45, 2.75) is 25.7 Å². The van der Waals surface area contributed by atoms with Crippen molar-refractivity contribution >= 4 is 30.1 Å². The molecular weight excluding hydrogens is 306 g/mol. The van der Waals surface area contributed by atoms with Gasteiger partial charge in [-0.2, -0.15) is 0 Å². The zero-order valence-corrected chi connectivity index (χ0v) is 13.1. The number of ketones is 1. The third kappa shape index (κ3) is 3.39. The number of hydrogen-bond donors (Lipinski definition) is 2. The van der Waals surface area contributed by atoms with Crippen molar-refractivity contribution in [3.63, 3.8) is 0 Å². The van der Waals surface area contributed by atoms with Crippen LogP contribution in [-0.4, -0.2) is 42.3 Å². The summed E-state index contributed by atoms with van der Waals surface area (Å²) < 4.78 is 0. The van der Waals surface area contributed by atoms with E-state index in [2.05, 4.69) is 10.6 Å². The van der Waals surface area contributed by atoms with Gasteiger partial charge in [0.1, 0.15) is 0 Å². The van der Waals surface area contributed by atoms with Gasteiger partial charge in [-0.1, -0.05) is 6.08 Å². The van der Waals surface area contributed by atoms with Gasteiger partial charge in [-0.25, -0.2) is 4.79 Å². The SMILES string of the molecule is Cl.O=C1CCN(C2=CC=C(C3CCNCC3)C(=O)C2)C(=O)N1. The van der Waals surface area contributed by atoms with Gasteiger partial charge < -0.3 is 5.32 Å². The number of carbonyl (C=O) groups excluding carboxylic acids is 3. The number of hydrogen-bond acceptors (Lipinski definition) is 4. The van der Waals surface area contributed by atoms with Crippen LogP contribution >= 0.6 is 12.4 Å². The number of piperidine rings is 1. The quantitative estimate of drug-likeness (QED) is 0.798. The number of Topliss-reactive ketones (excluding diaryl/α,β-unsaturated/α-hetero) is 1. The predicted molar refractivity (Wildman–Crippen MR) is 83.5 cm³/mol. The molecular formula is C15H20ClN3O3. The lowest BCUT2D eigenvalue weighted by Gasteiger charge is -2.31. The fourth-order valence-corrected chi connectivity index (χ4v) is 3.12. The van der Waals surface area contributed by atoms with E-state index in [9.17, 15) is 14.4 Å². The van der Waals surface area contributed by atoms with Crippen molar-refractivity contribution in [3.8, 4) is 0 Å². The van der Waals surface area contributed by atoms with E-state index in [0.717, 1.165) is 31.5 Å². The number of halogens is 1. The zero-order chi connectivity index (χ0) is 14.8. The second-order valence-electron chi connectivity index (χ2n) is 5.66. The van der Waals surface area contributed by atoms with Crippen molar-refractivity contribution < 1.29 is 14.4 Å². The Bertz CT molecular complexity index is 550. The Morgan fingerprint density at radius 1 is 1.09 bits per heavy atom. The largest absolute Gasteiger partial charge is 0.328 e. The van der Waals surface area contributed by atoms with Crippen LogP contribution < -0.4 is 10.6 Å². The lowest BCUT2D eigenvalue weighted by molar-refractivity contribution is -0.121. The summed E-state index contributed by atoms with van der Waals surface area (Å²) in [4.78, 5) is 36.8. The average Bonchev–Trinajstić information content (AvgIpc) is 2.48. The van der Waals surface area contributed by atoms with E-state index in [-0.39, 0.29) is 36.9 Å². The summed E-state index contributed by atoms with van der Waals surface area (Å²) in [5.41, 5.74) is 1.57. The maximum atomic E-state index is 12.4. The summed E-state index contributed by atoms with van der Waals surface area (Å²) in [6, 6.07) is -0.427. The number of nitrogens with zero attached hydrogens (tertiary/aromatic N) is 1. The number of nitrogens with one attached hydrogen (secondary N) is 2. The van der Waals surface area contributed by atoms with Crippen LogP contribution in [0, 0.1) is 5.92 Å². The standard InChI is InChI=1S/C15H19N3O3.ClH/c19-13-9-11(18-8-5-14(20)17-15(18)21)1-2-12(13)10-3-6-16-7-4-10;/h1-2,10,16H,3-9H2,(H,17,20,21);1H. The molecule has 1 aliphatic carbocycles. The number of rotatable bonds is 2. The van der Waals surface area contributed by atoms with Gasteiger partial charge in [0, 0.05) is 18.7 Å². The topological polar surface area (TPSA) is 78.5 Å². The molecule has 6 nitrogen and oxygen atoms in total. The molecule has 0 aromatic carbocycles. The lowest BCUT2D eigenvalue weighted by Crippen LogP contribution is -2.49. The second kappa shape index (κ2) is 7.07. The van der Waals surface area contributed by atoms with Crippen LogP contribution in [0.5, 0.6) is 0 Å². The van der Waals surface area contributed by atoms with Gasteiger partial charge in [0.2, 0.25) is 5.91 Å². The average molecular weight is 326 g/mol. The van der Waals surface area contributed by atoms with Crippen molar-refractivity contribution in [2.24, 2.45) is 5.92 Å². The number of carbonyl (C=O) groups is 3. The molecule has 0 saturated carbocycles. The molecule has 120 valence electrons. The number of urea groups is 1. The Kier molecular flexibility index (Phi) is 5.37. The summed E-state index contributed by atoms with van der Waals surface area (Å²) in [5, 5.41) is 5.58. The number of allylic oxidation sites excluding steroid dienone is 4.